The van der Waals surface area contributed by atoms with E-state index in [4.69, 9.17) is 9.47 Å². The van der Waals surface area contributed by atoms with Crippen LogP contribution in [-0.2, 0) is 9.59 Å². The zero-order valence-corrected chi connectivity index (χ0v) is 19.7. The lowest BCUT2D eigenvalue weighted by molar-refractivity contribution is -0.140. The zero-order valence-electron chi connectivity index (χ0n) is 19.7. The molecule has 33 heavy (non-hydrogen) atoms. The lowest BCUT2D eigenvalue weighted by atomic mass is 9.75. The van der Waals surface area contributed by atoms with Gasteiger partial charge >= 0.3 is 6.03 Å². The number of carbonyl (C=O) groups is 3. The number of likely N-dealkylation sites (tertiary alicyclic amines) is 1. The Balaban J connectivity index is 1.29. The van der Waals surface area contributed by atoms with Gasteiger partial charge in [-0.2, -0.15) is 0 Å². The second-order valence-corrected chi connectivity index (χ2v) is 9.33. The number of hydrogen-bond acceptors (Lipinski definition) is 5. The van der Waals surface area contributed by atoms with E-state index in [0.29, 0.717) is 57.0 Å². The van der Waals surface area contributed by atoms with E-state index in [1.165, 1.54) is 0 Å². The van der Waals surface area contributed by atoms with Crippen molar-refractivity contribution in [2.75, 3.05) is 26.2 Å². The van der Waals surface area contributed by atoms with Crippen molar-refractivity contribution in [2.24, 2.45) is 5.92 Å². The van der Waals surface area contributed by atoms with Crippen LogP contribution in [0.4, 0.5) is 4.79 Å². The number of nitrogens with one attached hydrogen (secondary N) is 1. The minimum Gasteiger partial charge on any atom is -0.490 e. The maximum atomic E-state index is 13.1. The second kappa shape index (κ2) is 10.0. The quantitative estimate of drug-likeness (QED) is 0.635. The van der Waals surface area contributed by atoms with E-state index in [0.717, 1.165) is 29.9 Å². The van der Waals surface area contributed by atoms with Crippen molar-refractivity contribution in [3.05, 3.63) is 24.3 Å². The first-order valence-corrected chi connectivity index (χ1v) is 12.3. The molecule has 8 nitrogen and oxygen atoms in total. The van der Waals surface area contributed by atoms with Gasteiger partial charge in [0.05, 0.1) is 6.61 Å². The van der Waals surface area contributed by atoms with Crippen LogP contribution < -0.4 is 14.8 Å². The van der Waals surface area contributed by atoms with Crippen LogP contribution in [0.5, 0.6) is 11.5 Å². The number of urea groups is 1. The lowest BCUT2D eigenvalue weighted by Crippen LogP contribution is -2.50. The zero-order chi connectivity index (χ0) is 23.4. The fourth-order valence-electron chi connectivity index (χ4n) is 5.20. The maximum Gasteiger partial charge on any atom is 0.325 e. The first kappa shape index (κ1) is 23.4. The lowest BCUT2D eigenvalue weighted by Gasteiger charge is -2.35. The molecule has 180 valence electrons. The van der Waals surface area contributed by atoms with Gasteiger partial charge in [0.25, 0.3) is 5.91 Å². The molecule has 1 aromatic rings. The van der Waals surface area contributed by atoms with Gasteiger partial charge in [-0.1, -0.05) is 25.5 Å². The molecule has 3 fully saturated rings. The van der Waals surface area contributed by atoms with Gasteiger partial charge in [0.15, 0.2) is 11.5 Å². The van der Waals surface area contributed by atoms with Crippen molar-refractivity contribution >= 4 is 17.8 Å². The summed E-state index contributed by atoms with van der Waals surface area (Å²) in [6.45, 7) is 5.54. The molecule has 1 saturated carbocycles. The molecular weight excluding hydrogens is 422 g/mol. The van der Waals surface area contributed by atoms with Crippen LogP contribution >= 0.6 is 0 Å². The van der Waals surface area contributed by atoms with Crippen molar-refractivity contribution < 1.29 is 23.9 Å². The van der Waals surface area contributed by atoms with E-state index < -0.39 is 11.6 Å². The Morgan fingerprint density at radius 2 is 1.73 bits per heavy atom. The number of amides is 4. The molecule has 0 aromatic heterocycles. The summed E-state index contributed by atoms with van der Waals surface area (Å²) in [6.07, 6.45) is 5.65. The molecule has 2 saturated heterocycles. The average molecular weight is 458 g/mol. The Hall–Kier alpha value is -2.77. The minimum absolute atomic E-state index is 0.00982. The maximum absolute atomic E-state index is 13.1. The Morgan fingerprint density at radius 3 is 2.36 bits per heavy atom. The predicted octanol–water partition coefficient (Wildman–Crippen LogP) is 3.35. The number of carbonyl (C=O) groups excluding carboxylic acids is 3. The number of benzene rings is 1. The van der Waals surface area contributed by atoms with Gasteiger partial charge < -0.3 is 19.7 Å². The number of imide groups is 1. The Labute approximate surface area is 195 Å². The summed E-state index contributed by atoms with van der Waals surface area (Å²) >= 11 is 0. The molecule has 1 N–H and O–H groups in total. The monoisotopic (exact) mass is 457 g/mol. The van der Waals surface area contributed by atoms with Crippen LogP contribution in [0.1, 0.15) is 58.8 Å². The van der Waals surface area contributed by atoms with Gasteiger partial charge in [-0.15, -0.1) is 0 Å². The van der Waals surface area contributed by atoms with Crippen LogP contribution in [0.3, 0.4) is 0 Å². The van der Waals surface area contributed by atoms with Gasteiger partial charge in [0.2, 0.25) is 5.91 Å². The van der Waals surface area contributed by atoms with Gasteiger partial charge in [0.1, 0.15) is 18.2 Å². The largest absolute Gasteiger partial charge is 0.490 e. The molecule has 0 radical (unpaired) electrons. The van der Waals surface area contributed by atoms with E-state index in [1.807, 2.05) is 31.2 Å². The van der Waals surface area contributed by atoms with E-state index in [-0.39, 0.29) is 24.5 Å². The average Bonchev–Trinajstić information content (AvgIpc) is 3.05. The molecule has 0 unspecified atom stereocenters. The molecule has 4 amide bonds. The van der Waals surface area contributed by atoms with Gasteiger partial charge in [-0.3, -0.25) is 14.5 Å². The highest BCUT2D eigenvalue weighted by Gasteiger charge is 2.52. The molecule has 8 heteroatoms. The Morgan fingerprint density at radius 1 is 1.06 bits per heavy atom. The molecule has 0 atom stereocenters. The molecule has 0 bridgehead atoms. The van der Waals surface area contributed by atoms with Crippen LogP contribution in [0, 0.1) is 5.92 Å². The smallest absolute Gasteiger partial charge is 0.325 e. The van der Waals surface area contributed by atoms with Crippen molar-refractivity contribution in [3.63, 3.8) is 0 Å². The van der Waals surface area contributed by atoms with Gasteiger partial charge in [-0.25, -0.2) is 4.79 Å². The van der Waals surface area contributed by atoms with E-state index in [1.54, 1.807) is 4.90 Å². The standard InChI is InChI=1S/C25H35N3O5/c1-3-18-9-13-25(14-10-18)23(30)28(24(31)26-25)17-22(29)27-15-11-19(12-16-27)33-21-8-6-5-7-20(21)32-4-2/h5-8,18-19H,3-4,9-17H2,1-2H3,(H,26,31). The number of nitrogens with zero attached hydrogens (tertiary/aromatic N) is 2. The van der Waals surface area contributed by atoms with Crippen molar-refractivity contribution in [1.29, 1.82) is 0 Å². The van der Waals surface area contributed by atoms with Crippen molar-refractivity contribution in [3.8, 4) is 11.5 Å². The molecule has 2 heterocycles. The van der Waals surface area contributed by atoms with E-state index in [2.05, 4.69) is 12.2 Å². The summed E-state index contributed by atoms with van der Waals surface area (Å²) in [5, 5.41) is 2.91. The molecule has 1 aromatic carbocycles. The molecular formula is C25H35N3O5. The molecule has 2 aliphatic heterocycles. The first-order chi connectivity index (χ1) is 16.0. The highest BCUT2D eigenvalue weighted by Crippen LogP contribution is 2.37. The number of piperidine rings is 1. The first-order valence-electron chi connectivity index (χ1n) is 12.3. The Bertz CT molecular complexity index is 873. The van der Waals surface area contributed by atoms with Crippen LogP contribution in [0.2, 0.25) is 0 Å². The third-order valence-corrected chi connectivity index (χ3v) is 7.31. The minimum atomic E-state index is -0.808. The summed E-state index contributed by atoms with van der Waals surface area (Å²) in [5.41, 5.74) is -0.808. The van der Waals surface area contributed by atoms with Gasteiger partial charge in [-0.05, 0) is 50.7 Å². The molecule has 4 rings (SSSR count). The second-order valence-electron chi connectivity index (χ2n) is 9.33. The summed E-state index contributed by atoms with van der Waals surface area (Å²) in [5.74, 6) is 1.62. The van der Waals surface area contributed by atoms with Crippen molar-refractivity contribution in [2.45, 2.75) is 70.4 Å². The number of ether oxygens (including phenoxy) is 2. The van der Waals surface area contributed by atoms with Crippen LogP contribution in [-0.4, -0.2) is 65.5 Å². The molecule has 3 aliphatic rings. The summed E-state index contributed by atoms with van der Waals surface area (Å²) < 4.78 is 11.8. The van der Waals surface area contributed by atoms with E-state index in [9.17, 15) is 14.4 Å². The highest BCUT2D eigenvalue weighted by atomic mass is 16.5. The number of hydrogen-bond donors (Lipinski definition) is 1. The fourth-order valence-corrected chi connectivity index (χ4v) is 5.20. The van der Waals surface area contributed by atoms with Crippen LogP contribution in [0.15, 0.2) is 24.3 Å². The molecule has 1 aliphatic carbocycles. The van der Waals surface area contributed by atoms with Crippen LogP contribution in [0.25, 0.3) is 0 Å². The highest BCUT2D eigenvalue weighted by molar-refractivity contribution is 6.09. The van der Waals surface area contributed by atoms with Gasteiger partial charge in [0, 0.05) is 25.9 Å². The number of rotatable bonds is 7. The number of para-hydroxylation sites is 2. The third kappa shape index (κ3) is 4.94. The third-order valence-electron chi connectivity index (χ3n) is 7.31. The normalized spacial score (nSPS) is 25.9. The summed E-state index contributed by atoms with van der Waals surface area (Å²) in [6, 6.07) is 7.17. The summed E-state index contributed by atoms with van der Waals surface area (Å²) in [4.78, 5) is 41.4. The predicted molar refractivity (Wildman–Crippen MR) is 123 cm³/mol. The Kier molecular flexibility index (Phi) is 7.10. The molecule has 1 spiro atoms. The fraction of sp³-hybridized carbons (Fsp3) is 0.640. The SMILES string of the molecule is CCOc1ccccc1OC1CCN(C(=O)CN2C(=O)NC3(CCC(CC)CC3)C2=O)CC1. The summed E-state index contributed by atoms with van der Waals surface area (Å²) in [7, 11) is 0. The van der Waals surface area contributed by atoms with E-state index >= 15 is 0 Å². The topological polar surface area (TPSA) is 88.2 Å². The van der Waals surface area contributed by atoms with Crippen molar-refractivity contribution in [1.82, 2.24) is 15.1 Å².